The number of nitrogens with one attached hydrogen (secondary N) is 2. The third-order valence-electron chi connectivity index (χ3n) is 3.36. The molecule has 0 atom stereocenters. The zero-order valence-electron chi connectivity index (χ0n) is 12.4. The van der Waals surface area contributed by atoms with Crippen molar-refractivity contribution < 1.29 is 9.47 Å². The van der Waals surface area contributed by atoms with Crippen LogP contribution >= 0.6 is 0 Å². The highest BCUT2D eigenvalue weighted by Crippen LogP contribution is 2.17. The average Bonchev–Trinajstić information content (AvgIpc) is 2.46. The second-order valence-corrected chi connectivity index (χ2v) is 4.94. The van der Waals surface area contributed by atoms with Crippen LogP contribution in [0.5, 0.6) is 0 Å². The third-order valence-corrected chi connectivity index (χ3v) is 3.36. The highest BCUT2D eigenvalue weighted by atomic mass is 16.5. The van der Waals surface area contributed by atoms with Gasteiger partial charge in [0.05, 0.1) is 13.2 Å². The molecule has 5 heteroatoms. The molecule has 19 heavy (non-hydrogen) atoms. The second-order valence-electron chi connectivity index (χ2n) is 4.94. The van der Waals surface area contributed by atoms with Gasteiger partial charge < -0.3 is 20.1 Å². The second kappa shape index (κ2) is 11.1. The summed E-state index contributed by atoms with van der Waals surface area (Å²) in [6, 6.07) is 0.595. The quantitative estimate of drug-likeness (QED) is 0.399. The van der Waals surface area contributed by atoms with Crippen LogP contribution in [-0.4, -0.2) is 52.5 Å². The summed E-state index contributed by atoms with van der Waals surface area (Å²) >= 11 is 0. The number of nitrogens with zero attached hydrogens (tertiary/aromatic N) is 1. The van der Waals surface area contributed by atoms with Gasteiger partial charge in [0.25, 0.3) is 0 Å². The lowest BCUT2D eigenvalue weighted by Gasteiger charge is -2.24. The van der Waals surface area contributed by atoms with Gasteiger partial charge in [-0.3, -0.25) is 4.99 Å². The fourth-order valence-corrected chi connectivity index (χ4v) is 2.26. The van der Waals surface area contributed by atoms with Gasteiger partial charge in [0, 0.05) is 33.4 Å². The predicted molar refractivity (Wildman–Crippen MR) is 78.7 cm³/mol. The van der Waals surface area contributed by atoms with Crippen molar-refractivity contribution in [2.24, 2.45) is 4.99 Å². The van der Waals surface area contributed by atoms with Crippen LogP contribution < -0.4 is 10.6 Å². The Morgan fingerprint density at radius 1 is 1.16 bits per heavy atom. The van der Waals surface area contributed by atoms with Crippen LogP contribution in [0.4, 0.5) is 0 Å². The Bertz CT molecular complexity index is 241. The summed E-state index contributed by atoms with van der Waals surface area (Å²) in [6.07, 6.45) is 7.56. The maximum absolute atomic E-state index is 5.41. The smallest absolute Gasteiger partial charge is 0.191 e. The van der Waals surface area contributed by atoms with Crippen LogP contribution in [0.25, 0.3) is 0 Å². The molecule has 0 spiro atoms. The molecule has 1 rings (SSSR count). The Morgan fingerprint density at radius 3 is 2.63 bits per heavy atom. The van der Waals surface area contributed by atoms with E-state index < -0.39 is 0 Å². The Labute approximate surface area is 117 Å². The van der Waals surface area contributed by atoms with E-state index >= 15 is 0 Å². The Morgan fingerprint density at radius 2 is 1.95 bits per heavy atom. The van der Waals surface area contributed by atoms with Gasteiger partial charge in [0.2, 0.25) is 0 Å². The van der Waals surface area contributed by atoms with E-state index in [1.807, 2.05) is 7.05 Å². The fourth-order valence-electron chi connectivity index (χ4n) is 2.26. The molecule has 0 aromatic carbocycles. The van der Waals surface area contributed by atoms with Crippen molar-refractivity contribution in [1.82, 2.24) is 10.6 Å². The number of hydrogen-bond acceptors (Lipinski definition) is 3. The first-order valence-corrected chi connectivity index (χ1v) is 7.40. The molecule has 112 valence electrons. The Balaban J connectivity index is 2.02. The first-order chi connectivity index (χ1) is 9.36. The summed E-state index contributed by atoms with van der Waals surface area (Å²) in [6.45, 7) is 2.99. The van der Waals surface area contributed by atoms with Gasteiger partial charge in [-0.2, -0.15) is 0 Å². The molecule has 0 unspecified atom stereocenters. The summed E-state index contributed by atoms with van der Waals surface area (Å²) < 4.78 is 10.3. The number of aliphatic imine (C=N–C) groups is 1. The first-order valence-electron chi connectivity index (χ1n) is 7.40. The number of guanidine groups is 1. The van der Waals surface area contributed by atoms with Crippen LogP contribution in [0.3, 0.4) is 0 Å². The van der Waals surface area contributed by atoms with Gasteiger partial charge in [-0.1, -0.05) is 19.3 Å². The normalized spacial score (nSPS) is 17.5. The van der Waals surface area contributed by atoms with Crippen molar-refractivity contribution in [3.63, 3.8) is 0 Å². The predicted octanol–water partition coefficient (Wildman–Crippen LogP) is 1.54. The monoisotopic (exact) mass is 271 g/mol. The summed E-state index contributed by atoms with van der Waals surface area (Å²) in [4.78, 5) is 4.26. The van der Waals surface area contributed by atoms with Gasteiger partial charge in [-0.15, -0.1) is 0 Å². The minimum Gasteiger partial charge on any atom is -0.382 e. The van der Waals surface area contributed by atoms with E-state index in [1.165, 1.54) is 32.1 Å². The Hall–Kier alpha value is -0.810. The van der Waals surface area contributed by atoms with Crippen molar-refractivity contribution in [2.75, 3.05) is 40.5 Å². The number of hydrogen-bond donors (Lipinski definition) is 2. The van der Waals surface area contributed by atoms with Crippen molar-refractivity contribution in [3.8, 4) is 0 Å². The molecule has 1 fully saturated rings. The van der Waals surface area contributed by atoms with Crippen LogP contribution in [0.15, 0.2) is 4.99 Å². The molecule has 0 saturated heterocycles. The lowest BCUT2D eigenvalue weighted by molar-refractivity contribution is 0.0698. The molecular formula is C14H29N3O2. The number of ether oxygens (including phenoxy) is 2. The summed E-state index contributed by atoms with van der Waals surface area (Å²) in [5.74, 6) is 0.920. The van der Waals surface area contributed by atoms with E-state index in [1.54, 1.807) is 7.11 Å². The van der Waals surface area contributed by atoms with Crippen molar-refractivity contribution in [1.29, 1.82) is 0 Å². The highest BCUT2D eigenvalue weighted by molar-refractivity contribution is 5.79. The maximum Gasteiger partial charge on any atom is 0.191 e. The zero-order chi connectivity index (χ0) is 13.8. The van der Waals surface area contributed by atoms with E-state index in [0.29, 0.717) is 19.3 Å². The van der Waals surface area contributed by atoms with E-state index in [4.69, 9.17) is 9.47 Å². The van der Waals surface area contributed by atoms with Crippen LogP contribution in [-0.2, 0) is 9.47 Å². The van der Waals surface area contributed by atoms with Gasteiger partial charge >= 0.3 is 0 Å². The van der Waals surface area contributed by atoms with E-state index in [2.05, 4.69) is 15.6 Å². The molecule has 0 aromatic heterocycles. The largest absolute Gasteiger partial charge is 0.382 e. The highest BCUT2D eigenvalue weighted by Gasteiger charge is 2.13. The number of methoxy groups -OCH3 is 1. The standard InChI is InChI=1S/C14H29N3O2/c1-15-14(17-13-7-4-3-5-8-13)16-9-6-10-19-12-11-18-2/h13H,3-12H2,1-2H3,(H2,15,16,17). The zero-order valence-corrected chi connectivity index (χ0v) is 12.4. The lowest BCUT2D eigenvalue weighted by atomic mass is 9.96. The van der Waals surface area contributed by atoms with E-state index in [0.717, 1.165) is 25.5 Å². The van der Waals surface area contributed by atoms with Crippen molar-refractivity contribution >= 4 is 5.96 Å². The molecule has 1 aliphatic rings. The topological polar surface area (TPSA) is 54.9 Å². The molecule has 5 nitrogen and oxygen atoms in total. The molecule has 0 bridgehead atoms. The van der Waals surface area contributed by atoms with Gasteiger partial charge in [0.1, 0.15) is 0 Å². The summed E-state index contributed by atoms with van der Waals surface area (Å²) in [7, 11) is 3.51. The average molecular weight is 271 g/mol. The Kier molecular flexibility index (Phi) is 9.45. The van der Waals surface area contributed by atoms with E-state index in [9.17, 15) is 0 Å². The fraction of sp³-hybridized carbons (Fsp3) is 0.929. The lowest BCUT2D eigenvalue weighted by Crippen LogP contribution is -2.44. The molecule has 2 N–H and O–H groups in total. The maximum atomic E-state index is 5.41. The third kappa shape index (κ3) is 8.06. The molecular weight excluding hydrogens is 242 g/mol. The summed E-state index contributed by atoms with van der Waals surface area (Å²) in [5.41, 5.74) is 0. The van der Waals surface area contributed by atoms with Gasteiger partial charge in [-0.05, 0) is 19.3 Å². The molecule has 0 aromatic rings. The molecule has 1 aliphatic carbocycles. The summed E-state index contributed by atoms with van der Waals surface area (Å²) in [5, 5.41) is 6.83. The number of rotatable bonds is 8. The molecule has 0 radical (unpaired) electrons. The van der Waals surface area contributed by atoms with E-state index in [-0.39, 0.29) is 0 Å². The SMILES string of the molecule is CN=C(NCCCOCCOC)NC1CCCCC1. The van der Waals surface area contributed by atoms with Crippen LogP contribution in [0, 0.1) is 0 Å². The van der Waals surface area contributed by atoms with Crippen LogP contribution in [0.2, 0.25) is 0 Å². The van der Waals surface area contributed by atoms with Gasteiger partial charge in [-0.25, -0.2) is 0 Å². The minimum absolute atomic E-state index is 0.595. The minimum atomic E-state index is 0.595. The molecule has 0 heterocycles. The molecule has 0 amide bonds. The van der Waals surface area contributed by atoms with Crippen molar-refractivity contribution in [3.05, 3.63) is 0 Å². The van der Waals surface area contributed by atoms with Crippen molar-refractivity contribution in [2.45, 2.75) is 44.6 Å². The van der Waals surface area contributed by atoms with Gasteiger partial charge in [0.15, 0.2) is 5.96 Å². The molecule has 0 aliphatic heterocycles. The van der Waals surface area contributed by atoms with Crippen LogP contribution in [0.1, 0.15) is 38.5 Å². The first kappa shape index (κ1) is 16.2. The molecule has 1 saturated carbocycles.